The highest BCUT2D eigenvalue weighted by atomic mass is 32.2. The fraction of sp³-hybridized carbons (Fsp3) is 0.333. The van der Waals surface area contributed by atoms with Crippen LogP contribution in [0.3, 0.4) is 0 Å². The zero-order valence-electron chi connectivity index (χ0n) is 7.82. The van der Waals surface area contributed by atoms with Gasteiger partial charge in [-0.25, -0.2) is 0 Å². The Bertz CT molecular complexity index is 289. The van der Waals surface area contributed by atoms with Gasteiger partial charge in [0.05, 0.1) is 0 Å². The molecule has 2 nitrogen and oxygen atoms in total. The van der Waals surface area contributed by atoms with Crippen LogP contribution < -0.4 is 5.46 Å². The molecule has 0 saturated carbocycles. The summed E-state index contributed by atoms with van der Waals surface area (Å²) in [7, 11) is -1.36. The van der Waals surface area contributed by atoms with Gasteiger partial charge in [0.1, 0.15) is 0 Å². The van der Waals surface area contributed by atoms with Gasteiger partial charge in [0.15, 0.2) is 0 Å². The highest BCUT2D eigenvalue weighted by molar-refractivity contribution is 7.99. The lowest BCUT2D eigenvalue weighted by Gasteiger charge is -2.06. The van der Waals surface area contributed by atoms with E-state index in [0.717, 1.165) is 11.3 Å². The summed E-state index contributed by atoms with van der Waals surface area (Å²) in [6, 6.07) is 5.65. The minimum atomic E-state index is -1.36. The molecule has 0 radical (unpaired) electrons. The maximum atomic E-state index is 8.97. The second kappa shape index (κ2) is 4.70. The molecular weight excluding hydrogens is 183 g/mol. The van der Waals surface area contributed by atoms with Gasteiger partial charge in [-0.3, -0.25) is 0 Å². The van der Waals surface area contributed by atoms with E-state index in [1.54, 1.807) is 17.8 Å². The van der Waals surface area contributed by atoms with Crippen molar-refractivity contribution in [3.63, 3.8) is 0 Å². The lowest BCUT2D eigenvalue weighted by atomic mass is 9.77. The van der Waals surface area contributed by atoms with Crippen molar-refractivity contribution in [3.8, 4) is 0 Å². The van der Waals surface area contributed by atoms with Gasteiger partial charge in [0, 0.05) is 4.90 Å². The molecular formula is C9H13BO2S. The van der Waals surface area contributed by atoms with E-state index in [0.29, 0.717) is 5.46 Å². The molecule has 0 aliphatic heterocycles. The molecule has 70 valence electrons. The highest BCUT2D eigenvalue weighted by Crippen LogP contribution is 2.17. The van der Waals surface area contributed by atoms with Crippen LogP contribution in [0.1, 0.15) is 12.5 Å². The smallest absolute Gasteiger partial charge is 0.423 e. The number of hydrogen-bond donors (Lipinski definition) is 2. The minimum absolute atomic E-state index is 0.584. The van der Waals surface area contributed by atoms with Crippen molar-refractivity contribution < 1.29 is 10.0 Å². The Labute approximate surface area is 83.1 Å². The Kier molecular flexibility index (Phi) is 3.84. The van der Waals surface area contributed by atoms with E-state index >= 15 is 0 Å². The number of thioether (sulfide) groups is 1. The normalized spacial score (nSPS) is 10.2. The van der Waals surface area contributed by atoms with Gasteiger partial charge in [-0.1, -0.05) is 18.6 Å². The van der Waals surface area contributed by atoms with Crippen molar-refractivity contribution in [2.75, 3.05) is 5.75 Å². The minimum Gasteiger partial charge on any atom is -0.423 e. The molecule has 1 aromatic carbocycles. The van der Waals surface area contributed by atoms with Gasteiger partial charge < -0.3 is 10.0 Å². The number of benzene rings is 1. The predicted molar refractivity (Wildman–Crippen MR) is 57.4 cm³/mol. The SMILES string of the molecule is CCSc1ccc(B(O)O)c(C)c1. The van der Waals surface area contributed by atoms with Gasteiger partial charge in [-0.2, -0.15) is 0 Å². The van der Waals surface area contributed by atoms with Crippen LogP contribution in [0.15, 0.2) is 23.1 Å². The van der Waals surface area contributed by atoms with Crippen molar-refractivity contribution in [3.05, 3.63) is 23.8 Å². The Morgan fingerprint density at radius 2 is 2.08 bits per heavy atom. The van der Waals surface area contributed by atoms with E-state index in [1.165, 1.54) is 4.90 Å². The molecule has 4 heteroatoms. The molecule has 0 bridgehead atoms. The first-order valence-corrected chi connectivity index (χ1v) is 5.23. The van der Waals surface area contributed by atoms with E-state index in [1.807, 2.05) is 19.1 Å². The molecule has 0 unspecified atom stereocenters. The van der Waals surface area contributed by atoms with Gasteiger partial charge in [0.25, 0.3) is 0 Å². The standard InChI is InChI=1S/C9H13BO2S/c1-3-13-8-4-5-9(10(11)12)7(2)6-8/h4-6,11-12H,3H2,1-2H3. The quantitative estimate of drug-likeness (QED) is 0.554. The molecule has 1 aromatic rings. The Balaban J connectivity index is 2.92. The van der Waals surface area contributed by atoms with E-state index < -0.39 is 7.12 Å². The summed E-state index contributed by atoms with van der Waals surface area (Å²) in [6.07, 6.45) is 0. The maximum absolute atomic E-state index is 8.97. The lowest BCUT2D eigenvalue weighted by Crippen LogP contribution is -2.31. The summed E-state index contributed by atoms with van der Waals surface area (Å²) >= 11 is 1.75. The molecule has 0 aromatic heterocycles. The molecule has 0 fully saturated rings. The van der Waals surface area contributed by atoms with Crippen LogP contribution in [0.4, 0.5) is 0 Å². The second-order valence-corrected chi connectivity index (χ2v) is 4.16. The van der Waals surface area contributed by atoms with E-state index in [4.69, 9.17) is 10.0 Å². The van der Waals surface area contributed by atoms with E-state index in [9.17, 15) is 0 Å². The first-order valence-electron chi connectivity index (χ1n) is 4.24. The summed E-state index contributed by atoms with van der Waals surface area (Å²) in [6.45, 7) is 3.98. The molecule has 13 heavy (non-hydrogen) atoms. The molecule has 1 rings (SSSR count). The summed E-state index contributed by atoms with van der Waals surface area (Å²) < 4.78 is 0. The third-order valence-electron chi connectivity index (χ3n) is 1.83. The van der Waals surface area contributed by atoms with Gasteiger partial charge in [-0.15, -0.1) is 11.8 Å². The van der Waals surface area contributed by atoms with Gasteiger partial charge in [-0.05, 0) is 30.3 Å². The first-order chi connectivity index (χ1) is 6.15. The Morgan fingerprint density at radius 3 is 2.54 bits per heavy atom. The Morgan fingerprint density at radius 1 is 1.38 bits per heavy atom. The summed E-state index contributed by atoms with van der Waals surface area (Å²) in [5.74, 6) is 1.03. The average Bonchev–Trinajstić information content (AvgIpc) is 2.04. The summed E-state index contributed by atoms with van der Waals surface area (Å²) in [5.41, 5.74) is 1.51. The van der Waals surface area contributed by atoms with Crippen LogP contribution in [0.2, 0.25) is 0 Å². The fourth-order valence-corrected chi connectivity index (χ4v) is 1.95. The predicted octanol–water partition coefficient (Wildman–Crippen LogP) is 0.787. The third kappa shape index (κ3) is 2.76. The maximum Gasteiger partial charge on any atom is 0.488 e. The van der Waals surface area contributed by atoms with Crippen LogP contribution >= 0.6 is 11.8 Å². The largest absolute Gasteiger partial charge is 0.488 e. The molecule has 0 amide bonds. The lowest BCUT2D eigenvalue weighted by molar-refractivity contribution is 0.425. The average molecular weight is 196 g/mol. The monoisotopic (exact) mass is 196 g/mol. The van der Waals surface area contributed by atoms with Crippen LogP contribution in [0.25, 0.3) is 0 Å². The molecule has 2 N–H and O–H groups in total. The van der Waals surface area contributed by atoms with E-state index in [2.05, 4.69) is 6.92 Å². The summed E-state index contributed by atoms with van der Waals surface area (Å²) in [4.78, 5) is 1.17. The second-order valence-electron chi connectivity index (χ2n) is 2.83. The Hall–Kier alpha value is -0.445. The zero-order valence-corrected chi connectivity index (χ0v) is 8.64. The van der Waals surface area contributed by atoms with Crippen LogP contribution in [-0.2, 0) is 0 Å². The highest BCUT2D eigenvalue weighted by Gasteiger charge is 2.13. The van der Waals surface area contributed by atoms with Crippen molar-refractivity contribution in [2.24, 2.45) is 0 Å². The molecule has 0 heterocycles. The zero-order chi connectivity index (χ0) is 9.84. The van der Waals surface area contributed by atoms with Crippen molar-refractivity contribution >= 4 is 24.3 Å². The van der Waals surface area contributed by atoms with Crippen LogP contribution in [-0.4, -0.2) is 22.9 Å². The molecule has 0 aliphatic carbocycles. The summed E-state index contributed by atoms with van der Waals surface area (Å²) in [5, 5.41) is 17.9. The van der Waals surface area contributed by atoms with Gasteiger partial charge in [0.2, 0.25) is 0 Å². The fourth-order valence-electron chi connectivity index (χ4n) is 1.19. The number of hydrogen-bond acceptors (Lipinski definition) is 3. The molecule has 0 spiro atoms. The number of rotatable bonds is 3. The molecule has 0 saturated heterocycles. The van der Waals surface area contributed by atoms with Crippen molar-refractivity contribution in [1.29, 1.82) is 0 Å². The topological polar surface area (TPSA) is 40.5 Å². The van der Waals surface area contributed by atoms with Gasteiger partial charge >= 0.3 is 7.12 Å². The van der Waals surface area contributed by atoms with E-state index in [-0.39, 0.29) is 0 Å². The van der Waals surface area contributed by atoms with Crippen LogP contribution in [0, 0.1) is 6.92 Å². The first kappa shape index (κ1) is 10.6. The van der Waals surface area contributed by atoms with Crippen molar-refractivity contribution in [1.82, 2.24) is 0 Å². The van der Waals surface area contributed by atoms with Crippen molar-refractivity contribution in [2.45, 2.75) is 18.7 Å². The third-order valence-corrected chi connectivity index (χ3v) is 2.71. The molecule has 0 aliphatic rings. The van der Waals surface area contributed by atoms with Crippen LogP contribution in [0.5, 0.6) is 0 Å². The molecule has 0 atom stereocenters. The number of aryl methyl sites for hydroxylation is 1.